The third kappa shape index (κ3) is 7.32. The molecule has 0 spiro atoms. The number of hydrogen-bond donors (Lipinski definition) is 2. The van der Waals surface area contributed by atoms with Crippen molar-refractivity contribution in [1.29, 1.82) is 0 Å². The fourth-order valence-corrected chi connectivity index (χ4v) is 2.15. The number of nitrogens with zero attached hydrogens (tertiary/aromatic N) is 1. The Morgan fingerprint density at radius 1 is 1.12 bits per heavy atom. The molecular weight excluding hydrogens is 310 g/mol. The van der Waals surface area contributed by atoms with Gasteiger partial charge in [-0.15, -0.1) is 0 Å². The number of ether oxygens (including phenoxy) is 2. The van der Waals surface area contributed by atoms with Crippen molar-refractivity contribution in [3.8, 4) is 0 Å². The molecule has 1 aliphatic rings. The van der Waals surface area contributed by atoms with Gasteiger partial charge in [0.1, 0.15) is 5.60 Å². The molecule has 1 amide bonds. The second kappa shape index (κ2) is 9.12. The minimum atomic E-state index is -0.725. The number of nitrogens with one attached hydrogen (secondary N) is 1. The van der Waals surface area contributed by atoms with E-state index in [0.29, 0.717) is 5.56 Å². The molecule has 1 fully saturated rings. The molecule has 24 heavy (non-hydrogen) atoms. The van der Waals surface area contributed by atoms with Crippen LogP contribution >= 0.6 is 0 Å². The Morgan fingerprint density at radius 3 is 2.04 bits per heavy atom. The summed E-state index contributed by atoms with van der Waals surface area (Å²) in [4.78, 5) is 23.6. The van der Waals surface area contributed by atoms with Crippen molar-refractivity contribution >= 4 is 17.7 Å². The Morgan fingerprint density at radius 2 is 1.67 bits per heavy atom. The highest BCUT2D eigenvalue weighted by atomic mass is 16.6. The smallest absolute Gasteiger partial charge is 0.405 e. The molecule has 0 unspecified atom stereocenters. The van der Waals surface area contributed by atoms with Crippen LogP contribution in [0, 0.1) is 0 Å². The van der Waals surface area contributed by atoms with Crippen molar-refractivity contribution in [2.75, 3.05) is 38.2 Å². The van der Waals surface area contributed by atoms with Crippen LogP contribution in [0.4, 0.5) is 10.5 Å². The monoisotopic (exact) mass is 337 g/mol. The van der Waals surface area contributed by atoms with Crippen LogP contribution in [0.5, 0.6) is 0 Å². The van der Waals surface area contributed by atoms with Crippen LogP contribution in [-0.4, -0.2) is 51.0 Å². The molecule has 0 radical (unpaired) electrons. The Kier molecular flexibility index (Phi) is 7.51. The Hall–Kier alpha value is -2.28. The van der Waals surface area contributed by atoms with Crippen LogP contribution in [0.1, 0.15) is 31.1 Å². The summed E-state index contributed by atoms with van der Waals surface area (Å²) in [6, 6.07) is 7.56. The van der Waals surface area contributed by atoms with Gasteiger partial charge in [0.2, 0.25) is 0 Å². The van der Waals surface area contributed by atoms with Crippen molar-refractivity contribution < 1.29 is 19.1 Å². The van der Waals surface area contributed by atoms with E-state index >= 15 is 0 Å². The third-order valence-electron chi connectivity index (χ3n) is 3.18. The lowest BCUT2D eigenvalue weighted by Crippen LogP contribution is -2.43. The van der Waals surface area contributed by atoms with Crippen LogP contribution in [-0.2, 0) is 9.47 Å². The Balaban J connectivity index is 0.000000307. The second-order valence-electron chi connectivity index (χ2n) is 6.31. The molecule has 2 rings (SSSR count). The van der Waals surface area contributed by atoms with Crippen molar-refractivity contribution in [2.45, 2.75) is 26.4 Å². The number of primary amides is 1. The molecule has 0 saturated carbocycles. The molecule has 0 atom stereocenters. The predicted octanol–water partition coefficient (Wildman–Crippen LogP) is 1.76. The summed E-state index contributed by atoms with van der Waals surface area (Å²) in [5.41, 5.74) is 6.02. The lowest BCUT2D eigenvalue weighted by molar-refractivity contribution is 0.0590. The summed E-state index contributed by atoms with van der Waals surface area (Å²) in [6.45, 7) is 9.33. The van der Waals surface area contributed by atoms with E-state index in [2.05, 4.69) is 19.7 Å². The fraction of sp³-hybridized carbons (Fsp3) is 0.529. The van der Waals surface area contributed by atoms with Gasteiger partial charge in [-0.3, -0.25) is 0 Å². The predicted molar refractivity (Wildman–Crippen MR) is 93.3 cm³/mol. The third-order valence-corrected chi connectivity index (χ3v) is 3.18. The maximum Gasteiger partial charge on any atom is 0.405 e. The van der Waals surface area contributed by atoms with Gasteiger partial charge in [0, 0.05) is 31.9 Å². The molecule has 134 valence electrons. The van der Waals surface area contributed by atoms with Crippen molar-refractivity contribution in [2.24, 2.45) is 5.73 Å². The topological polar surface area (TPSA) is 93.9 Å². The highest BCUT2D eigenvalue weighted by Crippen LogP contribution is 2.16. The summed E-state index contributed by atoms with van der Waals surface area (Å²) >= 11 is 0. The molecule has 1 saturated heterocycles. The Labute approximate surface area is 143 Å². The molecule has 0 aromatic heterocycles. The van der Waals surface area contributed by atoms with E-state index in [-0.39, 0.29) is 5.97 Å². The lowest BCUT2D eigenvalue weighted by Gasteiger charge is -2.29. The second-order valence-corrected chi connectivity index (χ2v) is 6.31. The minimum absolute atomic E-state index is 0.285. The number of carbonyl (C=O) groups excluding carboxylic acids is 2. The summed E-state index contributed by atoms with van der Waals surface area (Å²) in [5, 5.41) is 3.31. The van der Waals surface area contributed by atoms with Crippen LogP contribution in [0.25, 0.3) is 0 Å². The molecule has 7 nitrogen and oxygen atoms in total. The van der Waals surface area contributed by atoms with E-state index in [0.717, 1.165) is 31.9 Å². The first kappa shape index (κ1) is 19.8. The van der Waals surface area contributed by atoms with Gasteiger partial charge in [-0.25, -0.2) is 9.59 Å². The number of benzene rings is 1. The fourth-order valence-electron chi connectivity index (χ4n) is 2.15. The number of anilines is 1. The molecule has 7 heteroatoms. The van der Waals surface area contributed by atoms with E-state index in [1.54, 1.807) is 20.8 Å². The molecule has 3 N–H and O–H groups in total. The van der Waals surface area contributed by atoms with Gasteiger partial charge < -0.3 is 25.4 Å². The van der Waals surface area contributed by atoms with Gasteiger partial charge in [-0.05, 0) is 45.0 Å². The number of amides is 1. The van der Waals surface area contributed by atoms with E-state index in [9.17, 15) is 9.59 Å². The molecule has 1 heterocycles. The molecule has 1 aromatic carbocycles. The van der Waals surface area contributed by atoms with Crippen LogP contribution < -0.4 is 16.0 Å². The molecule has 0 aliphatic carbocycles. The highest BCUT2D eigenvalue weighted by molar-refractivity contribution is 5.89. The number of esters is 1. The van der Waals surface area contributed by atoms with Gasteiger partial charge in [-0.1, -0.05) is 0 Å². The number of nitrogens with two attached hydrogens (primary N) is 1. The van der Waals surface area contributed by atoms with Crippen molar-refractivity contribution in [3.05, 3.63) is 29.8 Å². The van der Waals surface area contributed by atoms with E-state index < -0.39 is 11.7 Å². The zero-order chi connectivity index (χ0) is 18.2. The number of carbonyl (C=O) groups is 2. The van der Waals surface area contributed by atoms with E-state index in [1.807, 2.05) is 24.3 Å². The van der Waals surface area contributed by atoms with E-state index in [4.69, 9.17) is 5.73 Å². The van der Waals surface area contributed by atoms with Crippen LogP contribution in [0.3, 0.4) is 0 Å². The zero-order valence-electron chi connectivity index (χ0n) is 14.8. The lowest BCUT2D eigenvalue weighted by atomic mass is 10.2. The van der Waals surface area contributed by atoms with Gasteiger partial charge in [0.25, 0.3) is 0 Å². The number of rotatable bonds is 2. The van der Waals surface area contributed by atoms with Gasteiger partial charge in [0.05, 0.1) is 12.7 Å². The summed E-state index contributed by atoms with van der Waals surface area (Å²) < 4.78 is 9.24. The van der Waals surface area contributed by atoms with Gasteiger partial charge in [-0.2, -0.15) is 0 Å². The van der Waals surface area contributed by atoms with E-state index in [1.165, 1.54) is 7.11 Å². The molecule has 1 aromatic rings. The zero-order valence-corrected chi connectivity index (χ0v) is 14.8. The molecule has 0 bridgehead atoms. The number of methoxy groups -OCH3 is 1. The summed E-state index contributed by atoms with van der Waals surface area (Å²) in [5.74, 6) is -0.285. The normalized spacial score (nSPS) is 14.2. The largest absolute Gasteiger partial charge is 0.465 e. The quantitative estimate of drug-likeness (QED) is 0.799. The van der Waals surface area contributed by atoms with Gasteiger partial charge in [0.15, 0.2) is 0 Å². The maximum absolute atomic E-state index is 11.3. The van der Waals surface area contributed by atoms with Crippen molar-refractivity contribution in [1.82, 2.24) is 5.32 Å². The highest BCUT2D eigenvalue weighted by Gasteiger charge is 2.12. The Bertz CT molecular complexity index is 532. The maximum atomic E-state index is 11.3. The number of piperazine rings is 1. The van der Waals surface area contributed by atoms with Crippen molar-refractivity contribution in [3.63, 3.8) is 0 Å². The SMILES string of the molecule is CC(C)(C)OC(N)=O.COC(=O)c1ccc(N2CCNCC2)cc1. The average molecular weight is 337 g/mol. The first-order chi connectivity index (χ1) is 11.2. The summed E-state index contributed by atoms with van der Waals surface area (Å²) in [7, 11) is 1.40. The first-order valence-corrected chi connectivity index (χ1v) is 7.85. The average Bonchev–Trinajstić information content (AvgIpc) is 2.53. The molecule has 1 aliphatic heterocycles. The minimum Gasteiger partial charge on any atom is -0.465 e. The first-order valence-electron chi connectivity index (χ1n) is 7.85. The number of hydrogen-bond acceptors (Lipinski definition) is 6. The standard InChI is InChI=1S/C12H16N2O2.C5H11NO2/c1-16-12(15)10-2-4-11(5-3-10)14-8-6-13-7-9-14;1-5(2,3)8-4(6)7/h2-5,13H,6-9H2,1H3;1-3H3,(H2,6,7). The molecular formula is C17H27N3O4. The van der Waals surface area contributed by atoms with Crippen LogP contribution in [0.2, 0.25) is 0 Å². The van der Waals surface area contributed by atoms with Gasteiger partial charge >= 0.3 is 12.1 Å². The van der Waals surface area contributed by atoms with Crippen LogP contribution in [0.15, 0.2) is 24.3 Å². The summed E-state index contributed by atoms with van der Waals surface area (Å²) in [6.07, 6.45) is -0.725.